The molecule has 1 rings (SSSR count). The van der Waals surface area contributed by atoms with Crippen LogP contribution in [0.5, 0.6) is 0 Å². The summed E-state index contributed by atoms with van der Waals surface area (Å²) in [5, 5.41) is 2.46. The molecule has 0 aliphatic carbocycles. The van der Waals surface area contributed by atoms with Gasteiger partial charge in [-0.3, -0.25) is 19.3 Å². The molecular weight excluding hydrogens is 184 g/mol. The zero-order valence-corrected chi connectivity index (χ0v) is 8.37. The molecule has 0 spiro atoms. The number of amides is 3. The topological polar surface area (TPSA) is 66.5 Å². The maximum Gasteiger partial charge on any atom is 0.252 e. The Balaban J connectivity index is 2.64. The average molecular weight is 198 g/mol. The van der Waals surface area contributed by atoms with Crippen molar-refractivity contribution in [2.24, 2.45) is 0 Å². The average Bonchev–Trinajstić information content (AvgIpc) is 2.32. The lowest BCUT2D eigenvalue weighted by atomic mass is 10.2. The SMILES string of the molecule is CCCN1C(=O)CC(NC(C)=O)C1=O. The van der Waals surface area contributed by atoms with Crippen molar-refractivity contribution >= 4 is 17.7 Å². The van der Waals surface area contributed by atoms with E-state index in [4.69, 9.17) is 0 Å². The molecule has 0 aromatic rings. The van der Waals surface area contributed by atoms with Gasteiger partial charge in [0.15, 0.2) is 0 Å². The van der Waals surface area contributed by atoms with Crippen LogP contribution in [-0.2, 0) is 14.4 Å². The van der Waals surface area contributed by atoms with Crippen LogP contribution in [0, 0.1) is 0 Å². The smallest absolute Gasteiger partial charge is 0.252 e. The van der Waals surface area contributed by atoms with E-state index in [-0.39, 0.29) is 24.1 Å². The number of nitrogens with zero attached hydrogens (tertiary/aromatic N) is 1. The molecule has 0 aromatic carbocycles. The van der Waals surface area contributed by atoms with Gasteiger partial charge >= 0.3 is 0 Å². The third kappa shape index (κ3) is 2.10. The number of hydrogen-bond acceptors (Lipinski definition) is 3. The summed E-state index contributed by atoms with van der Waals surface area (Å²) in [5.41, 5.74) is 0. The molecule has 0 radical (unpaired) electrons. The molecule has 78 valence electrons. The van der Waals surface area contributed by atoms with E-state index < -0.39 is 6.04 Å². The Labute approximate surface area is 82.4 Å². The standard InChI is InChI=1S/C9H14N2O3/c1-3-4-11-8(13)5-7(9(11)14)10-6(2)12/h7H,3-5H2,1-2H3,(H,10,12). The molecule has 1 aliphatic heterocycles. The summed E-state index contributed by atoms with van der Waals surface area (Å²) in [6.45, 7) is 3.67. The number of hydrogen-bond donors (Lipinski definition) is 1. The predicted molar refractivity (Wildman–Crippen MR) is 49.2 cm³/mol. The molecule has 1 aliphatic rings. The highest BCUT2D eigenvalue weighted by atomic mass is 16.2. The van der Waals surface area contributed by atoms with E-state index >= 15 is 0 Å². The van der Waals surface area contributed by atoms with Crippen LogP contribution in [-0.4, -0.2) is 35.2 Å². The lowest BCUT2D eigenvalue weighted by molar-refractivity contribution is -0.139. The molecule has 1 atom stereocenters. The Morgan fingerprint density at radius 1 is 1.57 bits per heavy atom. The third-order valence-corrected chi connectivity index (χ3v) is 2.07. The number of rotatable bonds is 3. The second kappa shape index (κ2) is 4.21. The van der Waals surface area contributed by atoms with Gasteiger partial charge in [0.05, 0.1) is 6.42 Å². The van der Waals surface area contributed by atoms with E-state index in [0.29, 0.717) is 6.54 Å². The first-order chi connectivity index (χ1) is 6.56. The van der Waals surface area contributed by atoms with Crippen molar-refractivity contribution in [2.75, 3.05) is 6.54 Å². The first kappa shape index (κ1) is 10.7. The van der Waals surface area contributed by atoms with E-state index in [1.807, 2.05) is 6.92 Å². The van der Waals surface area contributed by atoms with Gasteiger partial charge in [-0.15, -0.1) is 0 Å². The van der Waals surface area contributed by atoms with Crippen LogP contribution in [0.25, 0.3) is 0 Å². The molecule has 1 unspecified atom stereocenters. The lowest BCUT2D eigenvalue weighted by Gasteiger charge is -2.13. The van der Waals surface area contributed by atoms with Gasteiger partial charge in [0.1, 0.15) is 6.04 Å². The van der Waals surface area contributed by atoms with Crippen molar-refractivity contribution < 1.29 is 14.4 Å². The summed E-state index contributed by atoms with van der Waals surface area (Å²) in [4.78, 5) is 34.8. The van der Waals surface area contributed by atoms with E-state index in [1.54, 1.807) is 0 Å². The summed E-state index contributed by atoms with van der Waals surface area (Å²) in [6, 6.07) is -0.647. The van der Waals surface area contributed by atoms with Crippen molar-refractivity contribution in [3.05, 3.63) is 0 Å². The highest BCUT2D eigenvalue weighted by Crippen LogP contribution is 2.13. The van der Waals surface area contributed by atoms with Crippen LogP contribution in [0.4, 0.5) is 0 Å². The molecule has 0 saturated carbocycles. The maximum absolute atomic E-state index is 11.5. The molecule has 5 nitrogen and oxygen atoms in total. The molecule has 1 saturated heterocycles. The summed E-state index contributed by atoms with van der Waals surface area (Å²) >= 11 is 0. The number of nitrogens with one attached hydrogen (secondary N) is 1. The Kier molecular flexibility index (Phi) is 3.22. The van der Waals surface area contributed by atoms with Crippen LogP contribution in [0.3, 0.4) is 0 Å². The van der Waals surface area contributed by atoms with Gasteiger partial charge in [-0.05, 0) is 6.42 Å². The molecule has 1 fully saturated rings. The van der Waals surface area contributed by atoms with Crippen LogP contribution < -0.4 is 5.32 Å². The van der Waals surface area contributed by atoms with Gasteiger partial charge in [-0.2, -0.15) is 0 Å². The minimum absolute atomic E-state index is 0.0956. The quantitative estimate of drug-likeness (QED) is 0.631. The molecular formula is C9H14N2O3. The Bertz CT molecular complexity index is 275. The van der Waals surface area contributed by atoms with Crippen molar-refractivity contribution in [1.29, 1.82) is 0 Å². The third-order valence-electron chi connectivity index (χ3n) is 2.07. The largest absolute Gasteiger partial charge is 0.344 e. The lowest BCUT2D eigenvalue weighted by Crippen LogP contribution is -2.40. The second-order valence-electron chi connectivity index (χ2n) is 3.34. The van der Waals surface area contributed by atoms with Crippen molar-refractivity contribution in [3.8, 4) is 0 Å². The van der Waals surface area contributed by atoms with Crippen molar-refractivity contribution in [2.45, 2.75) is 32.7 Å². The minimum Gasteiger partial charge on any atom is -0.344 e. The number of imide groups is 1. The Morgan fingerprint density at radius 2 is 2.21 bits per heavy atom. The highest BCUT2D eigenvalue weighted by molar-refractivity contribution is 6.06. The molecule has 0 bridgehead atoms. The van der Waals surface area contributed by atoms with Gasteiger partial charge in [0, 0.05) is 13.5 Å². The second-order valence-corrected chi connectivity index (χ2v) is 3.34. The summed E-state index contributed by atoms with van der Waals surface area (Å²) in [6.07, 6.45) is 0.836. The van der Waals surface area contributed by atoms with Gasteiger partial charge in [0.2, 0.25) is 11.8 Å². The van der Waals surface area contributed by atoms with Crippen LogP contribution >= 0.6 is 0 Å². The zero-order chi connectivity index (χ0) is 10.7. The molecule has 1 heterocycles. The molecule has 14 heavy (non-hydrogen) atoms. The fourth-order valence-electron chi connectivity index (χ4n) is 1.50. The maximum atomic E-state index is 11.5. The monoisotopic (exact) mass is 198 g/mol. The molecule has 5 heteroatoms. The summed E-state index contributed by atoms with van der Waals surface area (Å²) in [7, 11) is 0. The minimum atomic E-state index is -0.647. The summed E-state index contributed by atoms with van der Waals surface area (Å²) < 4.78 is 0. The Hall–Kier alpha value is -1.39. The first-order valence-electron chi connectivity index (χ1n) is 4.67. The van der Waals surface area contributed by atoms with Crippen LogP contribution in [0.15, 0.2) is 0 Å². The van der Waals surface area contributed by atoms with E-state index in [0.717, 1.165) is 6.42 Å². The molecule has 0 aromatic heterocycles. The first-order valence-corrected chi connectivity index (χ1v) is 4.67. The van der Waals surface area contributed by atoms with E-state index in [2.05, 4.69) is 5.32 Å². The Morgan fingerprint density at radius 3 is 2.71 bits per heavy atom. The fraction of sp³-hybridized carbons (Fsp3) is 0.667. The number of likely N-dealkylation sites (tertiary alicyclic amines) is 1. The fourth-order valence-corrected chi connectivity index (χ4v) is 1.50. The molecule has 1 N–H and O–H groups in total. The van der Waals surface area contributed by atoms with E-state index in [9.17, 15) is 14.4 Å². The van der Waals surface area contributed by atoms with Gasteiger partial charge in [-0.1, -0.05) is 6.92 Å². The zero-order valence-electron chi connectivity index (χ0n) is 8.37. The van der Waals surface area contributed by atoms with Crippen LogP contribution in [0.2, 0.25) is 0 Å². The predicted octanol–water partition coefficient (Wildman–Crippen LogP) is -0.340. The van der Waals surface area contributed by atoms with Crippen molar-refractivity contribution in [1.82, 2.24) is 10.2 Å². The van der Waals surface area contributed by atoms with Gasteiger partial charge < -0.3 is 5.32 Å². The summed E-state index contributed by atoms with van der Waals surface area (Å²) in [5.74, 6) is -0.767. The van der Waals surface area contributed by atoms with Gasteiger partial charge in [-0.25, -0.2) is 0 Å². The van der Waals surface area contributed by atoms with Crippen LogP contribution in [0.1, 0.15) is 26.7 Å². The van der Waals surface area contributed by atoms with Gasteiger partial charge in [0.25, 0.3) is 5.91 Å². The highest BCUT2D eigenvalue weighted by Gasteiger charge is 2.38. The van der Waals surface area contributed by atoms with E-state index in [1.165, 1.54) is 11.8 Å². The molecule has 3 amide bonds. The number of carbonyl (C=O) groups excluding carboxylic acids is 3. The normalized spacial score (nSPS) is 21.6. The number of carbonyl (C=O) groups is 3. The van der Waals surface area contributed by atoms with Crippen molar-refractivity contribution in [3.63, 3.8) is 0 Å².